The number of hydrogen-bond donors (Lipinski definition) is 3. The van der Waals surface area contributed by atoms with Gasteiger partial charge in [-0.1, -0.05) is 31.2 Å². The molecule has 0 aliphatic carbocycles. The first kappa shape index (κ1) is 39.3. The molecule has 0 radical (unpaired) electrons. The number of carboxylic acids is 1. The van der Waals surface area contributed by atoms with Crippen LogP contribution in [0.4, 0.5) is 43.4 Å². The molecule has 278 valence electrons. The van der Waals surface area contributed by atoms with Gasteiger partial charge in [0.05, 0.1) is 24.8 Å². The summed E-state index contributed by atoms with van der Waals surface area (Å²) in [5, 5.41) is 17.6. The number of carbonyl (C=O) groups excluding carboxylic acids is 3. The van der Waals surface area contributed by atoms with E-state index in [1.807, 2.05) is 4.90 Å². The van der Waals surface area contributed by atoms with Crippen molar-refractivity contribution >= 4 is 46.5 Å². The van der Waals surface area contributed by atoms with Crippen molar-refractivity contribution in [3.8, 4) is 5.75 Å². The fourth-order valence-corrected chi connectivity index (χ4v) is 5.21. The highest BCUT2D eigenvalue weighted by Crippen LogP contribution is 2.35. The second-order valence-corrected chi connectivity index (χ2v) is 11.5. The van der Waals surface area contributed by atoms with E-state index in [1.54, 1.807) is 30.3 Å². The van der Waals surface area contributed by atoms with Gasteiger partial charge < -0.3 is 25.4 Å². The van der Waals surface area contributed by atoms with Gasteiger partial charge in [-0.3, -0.25) is 19.3 Å². The predicted octanol–water partition coefficient (Wildman–Crippen LogP) is 5.47. The molecule has 3 aromatic carbocycles. The lowest BCUT2D eigenvalue weighted by atomic mass is 10.0. The van der Waals surface area contributed by atoms with Crippen molar-refractivity contribution in [1.82, 2.24) is 9.80 Å². The molecule has 0 unspecified atom stereocenters. The molecule has 0 bridgehead atoms. The first-order chi connectivity index (χ1) is 24.5. The summed E-state index contributed by atoms with van der Waals surface area (Å²) >= 11 is 0. The van der Waals surface area contributed by atoms with Crippen LogP contribution in [0.5, 0.6) is 5.75 Å². The molecule has 2 aliphatic heterocycles. The van der Waals surface area contributed by atoms with Crippen molar-refractivity contribution in [3.05, 3.63) is 83.4 Å². The quantitative estimate of drug-likeness (QED) is 0.246. The van der Waals surface area contributed by atoms with Crippen molar-refractivity contribution in [3.63, 3.8) is 0 Å². The number of aliphatic carboxylic acids is 1. The van der Waals surface area contributed by atoms with E-state index in [2.05, 4.69) is 27.6 Å². The zero-order chi connectivity index (χ0) is 38.2. The molecule has 12 nitrogen and oxygen atoms in total. The first-order valence-electron chi connectivity index (χ1n) is 15.7. The fraction of sp³-hybridized carbons (Fsp3) is 0.324. The van der Waals surface area contributed by atoms with Gasteiger partial charge >= 0.3 is 18.3 Å². The van der Waals surface area contributed by atoms with Crippen LogP contribution < -0.4 is 20.4 Å². The molecule has 1 fully saturated rings. The number of halogens is 6. The number of hydrogen-bond acceptors (Lipinski definition) is 8. The van der Waals surface area contributed by atoms with Crippen molar-refractivity contribution in [2.75, 3.05) is 55.5 Å². The molecule has 0 atom stereocenters. The van der Waals surface area contributed by atoms with E-state index < -0.39 is 35.7 Å². The Morgan fingerprint density at radius 3 is 2.04 bits per heavy atom. The molecule has 0 saturated carbocycles. The number of nitrogens with one attached hydrogen (secondary N) is 2. The number of rotatable bonds is 9. The molecule has 5 rings (SSSR count). The van der Waals surface area contributed by atoms with Crippen LogP contribution in [0.15, 0.2) is 71.8 Å². The second-order valence-electron chi connectivity index (χ2n) is 11.5. The van der Waals surface area contributed by atoms with Crippen LogP contribution in [0.2, 0.25) is 0 Å². The summed E-state index contributed by atoms with van der Waals surface area (Å²) in [6, 6.07) is 16.7. The Bertz CT molecular complexity index is 1810. The minimum Gasteiger partial charge on any atom is -0.497 e. The number of para-hydroxylation sites is 1. The van der Waals surface area contributed by atoms with E-state index in [0.717, 1.165) is 30.7 Å². The average Bonchev–Trinajstić information content (AvgIpc) is 3.50. The van der Waals surface area contributed by atoms with Crippen molar-refractivity contribution in [1.29, 1.82) is 0 Å². The third kappa shape index (κ3) is 10.5. The number of likely N-dealkylation sites (N-methyl/N-ethyl adjacent to an activating group) is 1. The first-order valence-corrected chi connectivity index (χ1v) is 15.7. The Morgan fingerprint density at radius 1 is 0.846 bits per heavy atom. The number of methoxy groups -OCH3 is 1. The number of hydrazone groups is 1. The van der Waals surface area contributed by atoms with E-state index in [0.29, 0.717) is 18.8 Å². The molecule has 0 spiro atoms. The molecule has 1 saturated heterocycles. The minimum atomic E-state index is -5.08. The van der Waals surface area contributed by atoms with E-state index >= 15 is 0 Å². The molecule has 52 heavy (non-hydrogen) atoms. The van der Waals surface area contributed by atoms with Crippen LogP contribution in [0.3, 0.4) is 0 Å². The lowest BCUT2D eigenvalue weighted by Crippen LogP contribution is -2.45. The van der Waals surface area contributed by atoms with Gasteiger partial charge in [-0.15, -0.1) is 0 Å². The molecule has 3 amide bonds. The molecule has 18 heteroatoms. The molecule has 3 aromatic rings. The van der Waals surface area contributed by atoms with Crippen LogP contribution in [-0.2, 0) is 27.1 Å². The highest BCUT2D eigenvalue weighted by atomic mass is 19.4. The number of anilines is 3. The molecule has 2 aliphatic rings. The summed E-state index contributed by atoms with van der Waals surface area (Å²) < 4.78 is 79.2. The SMILES string of the molecule is CCN1CCN(Cc2ccc(NC(=O)c3cc(NC(=O)C4=NN(c5ccccc5)C(=O)C4)cc(OC)c3)cc2C(F)(F)F)CC1.O=C(O)C(F)(F)F. The van der Waals surface area contributed by atoms with Crippen LogP contribution in [0.1, 0.15) is 34.8 Å². The number of nitrogens with zero attached hydrogens (tertiary/aromatic N) is 4. The normalized spacial score (nSPS) is 15.3. The maximum atomic E-state index is 14.1. The lowest BCUT2D eigenvalue weighted by Gasteiger charge is -2.34. The van der Waals surface area contributed by atoms with E-state index in [-0.39, 0.29) is 52.8 Å². The third-order valence-electron chi connectivity index (χ3n) is 7.92. The highest BCUT2D eigenvalue weighted by Gasteiger charge is 2.38. The maximum Gasteiger partial charge on any atom is 0.490 e. The zero-order valence-electron chi connectivity index (χ0n) is 27.8. The monoisotopic (exact) mass is 736 g/mol. The average molecular weight is 737 g/mol. The number of benzene rings is 3. The number of amides is 3. The summed E-state index contributed by atoms with van der Waals surface area (Å²) in [7, 11) is 1.37. The van der Waals surface area contributed by atoms with Gasteiger partial charge in [0.2, 0.25) is 0 Å². The van der Waals surface area contributed by atoms with Gasteiger partial charge in [0.15, 0.2) is 0 Å². The summed E-state index contributed by atoms with van der Waals surface area (Å²) in [5.41, 5.74) is -0.00471. The van der Waals surface area contributed by atoms with Gasteiger partial charge in [-0.25, -0.2) is 4.79 Å². The largest absolute Gasteiger partial charge is 0.497 e. The summed E-state index contributed by atoms with van der Waals surface area (Å²) in [5.74, 6) is -4.26. The summed E-state index contributed by atoms with van der Waals surface area (Å²) in [4.78, 5) is 51.8. The van der Waals surface area contributed by atoms with E-state index in [9.17, 15) is 40.7 Å². The highest BCUT2D eigenvalue weighted by molar-refractivity contribution is 6.48. The lowest BCUT2D eigenvalue weighted by molar-refractivity contribution is -0.192. The second kappa shape index (κ2) is 16.7. The van der Waals surface area contributed by atoms with Gasteiger partial charge in [0.25, 0.3) is 17.7 Å². The summed E-state index contributed by atoms with van der Waals surface area (Å²) in [6.07, 6.45) is -9.92. The van der Waals surface area contributed by atoms with Crippen molar-refractivity contribution < 1.29 is 55.4 Å². The Labute approximate surface area is 293 Å². The Morgan fingerprint density at radius 2 is 1.46 bits per heavy atom. The predicted molar refractivity (Wildman–Crippen MR) is 178 cm³/mol. The van der Waals surface area contributed by atoms with Gasteiger partial charge in [-0.2, -0.15) is 36.5 Å². The molecule has 3 N–H and O–H groups in total. The van der Waals surface area contributed by atoms with Crippen LogP contribution in [-0.4, -0.2) is 90.3 Å². The van der Waals surface area contributed by atoms with Gasteiger partial charge in [0.1, 0.15) is 11.5 Å². The Balaban J connectivity index is 0.000000785. The smallest absolute Gasteiger partial charge is 0.490 e. The molecule has 2 heterocycles. The molecular formula is C34H34F6N6O6. The summed E-state index contributed by atoms with van der Waals surface area (Å²) in [6.45, 7) is 6.06. The van der Waals surface area contributed by atoms with Crippen LogP contribution in [0.25, 0.3) is 0 Å². The number of piperazine rings is 1. The molecule has 0 aromatic heterocycles. The number of carboxylic acid groups (broad SMARTS) is 1. The molecular weight excluding hydrogens is 702 g/mol. The van der Waals surface area contributed by atoms with Gasteiger partial charge in [0, 0.05) is 55.7 Å². The van der Waals surface area contributed by atoms with Crippen LogP contribution in [0, 0.1) is 0 Å². The van der Waals surface area contributed by atoms with E-state index in [4.69, 9.17) is 14.6 Å². The Hall–Kier alpha value is -5.49. The topological polar surface area (TPSA) is 144 Å². The zero-order valence-corrected chi connectivity index (χ0v) is 27.8. The maximum absolute atomic E-state index is 14.1. The van der Waals surface area contributed by atoms with Gasteiger partial charge in [-0.05, 0) is 48.5 Å². The number of ether oxygens (including phenoxy) is 1. The van der Waals surface area contributed by atoms with Crippen molar-refractivity contribution in [2.45, 2.75) is 32.2 Å². The van der Waals surface area contributed by atoms with Crippen molar-refractivity contribution in [2.24, 2.45) is 5.10 Å². The van der Waals surface area contributed by atoms with E-state index in [1.165, 1.54) is 37.4 Å². The number of carbonyl (C=O) groups is 4. The standard InChI is InChI=1S/C32H33F3N6O4.C2HF3O2/c1-3-39-11-13-40(14-12-39)20-21-9-10-23(18-27(21)32(33,34)35)36-30(43)22-15-24(17-26(16-22)45-2)37-31(44)28-19-29(42)41(38-28)25-7-5-4-6-8-25;3-2(4,5)1(6)7/h4-10,15-18H,3,11-14,19-20H2,1-2H3,(H,36,43)(H,37,44);(H,6,7). The fourth-order valence-electron chi connectivity index (χ4n) is 5.21. The Kier molecular flexibility index (Phi) is 12.6. The third-order valence-corrected chi connectivity index (χ3v) is 7.92. The van der Waals surface area contributed by atoms with Crippen LogP contribution >= 0.6 is 0 Å². The number of alkyl halides is 6. The minimum absolute atomic E-state index is 0.0234.